The largest absolute Gasteiger partial charge is 0.388 e. The molecule has 4 N–H and O–H groups in total. The van der Waals surface area contributed by atoms with Gasteiger partial charge < -0.3 is 20.7 Å². The van der Waals surface area contributed by atoms with E-state index in [4.69, 9.17) is 22.0 Å². The van der Waals surface area contributed by atoms with Crippen LogP contribution in [0.5, 0.6) is 0 Å². The Bertz CT molecular complexity index is 205. The lowest BCUT2D eigenvalue weighted by Gasteiger charge is -2.37. The van der Waals surface area contributed by atoms with Gasteiger partial charge in [-0.1, -0.05) is 5.92 Å². The fraction of sp³-hybridized carbons (Fsp3) is 0.714. The molecule has 0 aromatic carbocycles. The molecule has 1 aliphatic rings. The van der Waals surface area contributed by atoms with E-state index in [2.05, 4.69) is 18.5 Å². The third-order valence-electron chi connectivity index (χ3n) is 1.83. The fourth-order valence-corrected chi connectivity index (χ4v) is 1.34. The molecule has 0 amide bonds. The molecule has 0 saturated carbocycles. The molecular weight excluding hydrogens is 178 g/mol. The summed E-state index contributed by atoms with van der Waals surface area (Å²) in [6, 6.07) is -0.715. The van der Waals surface area contributed by atoms with Crippen LogP contribution in [0, 0.1) is 12.3 Å². The topological polar surface area (TPSA) is 75.7 Å². The molecule has 68 valence electrons. The Morgan fingerprint density at radius 1 is 1.50 bits per heavy atom. The number of thiol groups is 1. The quantitative estimate of drug-likeness (QED) is 0.271. The summed E-state index contributed by atoms with van der Waals surface area (Å²) in [5.41, 5.74) is 5.45. The molecule has 1 heterocycles. The summed E-state index contributed by atoms with van der Waals surface area (Å²) in [5.74, 6) is 2.20. The first-order valence-electron chi connectivity index (χ1n) is 3.49. The minimum atomic E-state index is -1.16. The van der Waals surface area contributed by atoms with Crippen LogP contribution in [0.2, 0.25) is 0 Å². The first-order chi connectivity index (χ1) is 5.57. The zero-order valence-corrected chi connectivity index (χ0v) is 7.19. The van der Waals surface area contributed by atoms with Crippen LogP contribution < -0.4 is 5.73 Å². The third-order valence-corrected chi connectivity index (χ3v) is 2.48. The Labute approximate surface area is 76.1 Å². The van der Waals surface area contributed by atoms with Crippen molar-refractivity contribution in [3.8, 4) is 12.3 Å². The van der Waals surface area contributed by atoms with Gasteiger partial charge in [-0.25, -0.2) is 0 Å². The van der Waals surface area contributed by atoms with Crippen molar-refractivity contribution in [1.82, 2.24) is 0 Å². The Hall–Kier alpha value is -0.250. The summed E-state index contributed by atoms with van der Waals surface area (Å²) in [6.45, 7) is 0. The van der Waals surface area contributed by atoms with Gasteiger partial charge in [0.05, 0.1) is 11.3 Å². The summed E-state index contributed by atoms with van der Waals surface area (Å²) in [5, 5.41) is 18.0. The molecule has 5 atom stereocenters. The van der Waals surface area contributed by atoms with Crippen molar-refractivity contribution < 1.29 is 14.9 Å². The van der Waals surface area contributed by atoms with Crippen LogP contribution in [0.4, 0.5) is 0 Å². The van der Waals surface area contributed by atoms with Gasteiger partial charge in [-0.15, -0.1) is 6.42 Å². The van der Waals surface area contributed by atoms with Crippen LogP contribution in [0.3, 0.4) is 0 Å². The predicted octanol–water partition coefficient (Wildman–Crippen LogP) is -1.68. The molecule has 4 nitrogen and oxygen atoms in total. The number of ether oxygens (including phenoxy) is 1. The number of hydrogen-bond acceptors (Lipinski definition) is 5. The van der Waals surface area contributed by atoms with Crippen molar-refractivity contribution >= 4 is 12.6 Å². The number of hydrogen-bond donors (Lipinski definition) is 4. The Balaban J connectivity index is 2.72. The van der Waals surface area contributed by atoms with E-state index in [0.29, 0.717) is 0 Å². The highest BCUT2D eigenvalue weighted by atomic mass is 32.1. The summed E-state index contributed by atoms with van der Waals surface area (Å²) in [6.07, 6.45) is 2.12. The zero-order chi connectivity index (χ0) is 9.30. The molecule has 0 aliphatic carbocycles. The van der Waals surface area contributed by atoms with Crippen LogP contribution in [-0.2, 0) is 4.74 Å². The second-order valence-corrected chi connectivity index (χ2v) is 3.27. The lowest BCUT2D eigenvalue weighted by molar-refractivity contribution is -0.186. The lowest BCUT2D eigenvalue weighted by Crippen LogP contribution is -2.58. The molecule has 0 aromatic rings. The van der Waals surface area contributed by atoms with Crippen molar-refractivity contribution in [1.29, 1.82) is 0 Å². The molecule has 0 bridgehead atoms. The van der Waals surface area contributed by atoms with Gasteiger partial charge in [0.15, 0.2) is 6.29 Å². The number of nitrogens with two attached hydrogens (primary N) is 1. The smallest absolute Gasteiger partial charge is 0.172 e. The van der Waals surface area contributed by atoms with Crippen LogP contribution in [0.15, 0.2) is 0 Å². The molecule has 0 spiro atoms. The minimum absolute atomic E-state index is 0.560. The van der Waals surface area contributed by atoms with Gasteiger partial charge in [0, 0.05) is 0 Å². The summed E-state index contributed by atoms with van der Waals surface area (Å²) >= 11 is 4.01. The predicted molar refractivity (Wildman–Crippen MR) is 46.5 cm³/mol. The molecule has 0 radical (unpaired) electrons. The highest BCUT2D eigenvalue weighted by molar-refractivity contribution is 7.81. The SMILES string of the molecule is C#CC1OC(O)C(N)C(S)C1O. The first-order valence-corrected chi connectivity index (χ1v) is 4.01. The molecule has 12 heavy (non-hydrogen) atoms. The van der Waals surface area contributed by atoms with Crippen molar-refractivity contribution in [2.24, 2.45) is 5.73 Å². The maximum absolute atomic E-state index is 9.39. The maximum Gasteiger partial charge on any atom is 0.172 e. The van der Waals surface area contributed by atoms with E-state index in [0.717, 1.165) is 0 Å². The van der Waals surface area contributed by atoms with E-state index in [1.165, 1.54) is 0 Å². The molecule has 1 fully saturated rings. The highest BCUT2D eigenvalue weighted by Crippen LogP contribution is 2.21. The van der Waals surface area contributed by atoms with Crippen molar-refractivity contribution in [2.75, 3.05) is 0 Å². The summed E-state index contributed by atoms with van der Waals surface area (Å²) < 4.78 is 4.83. The van der Waals surface area contributed by atoms with Gasteiger partial charge in [-0.05, 0) is 0 Å². The van der Waals surface area contributed by atoms with E-state index < -0.39 is 29.8 Å². The summed E-state index contributed by atoms with van der Waals surface area (Å²) in [7, 11) is 0. The number of aliphatic hydroxyl groups is 2. The van der Waals surface area contributed by atoms with E-state index in [1.54, 1.807) is 0 Å². The van der Waals surface area contributed by atoms with Crippen LogP contribution >= 0.6 is 12.6 Å². The van der Waals surface area contributed by atoms with Gasteiger partial charge in [0.2, 0.25) is 0 Å². The van der Waals surface area contributed by atoms with E-state index >= 15 is 0 Å². The van der Waals surface area contributed by atoms with E-state index in [1.807, 2.05) is 0 Å². The molecule has 1 aliphatic heterocycles. The third kappa shape index (κ3) is 1.58. The number of terminal acetylenes is 1. The van der Waals surface area contributed by atoms with E-state index in [-0.39, 0.29) is 0 Å². The zero-order valence-electron chi connectivity index (χ0n) is 6.29. The normalized spacial score (nSPS) is 48.4. The fourth-order valence-electron chi connectivity index (χ4n) is 1.03. The summed E-state index contributed by atoms with van der Waals surface area (Å²) in [4.78, 5) is 0. The van der Waals surface area contributed by atoms with Crippen LogP contribution in [0.25, 0.3) is 0 Å². The van der Waals surface area contributed by atoms with Gasteiger partial charge in [0.25, 0.3) is 0 Å². The standard InChI is InChI=1S/C7H11NO3S/c1-2-3-5(9)6(12)4(8)7(10)11-3/h1,3-7,9-10,12H,8H2. The van der Waals surface area contributed by atoms with Crippen LogP contribution in [-0.4, -0.2) is 40.0 Å². The molecule has 1 rings (SSSR count). The number of aliphatic hydroxyl groups excluding tert-OH is 2. The highest BCUT2D eigenvalue weighted by Gasteiger charge is 2.40. The monoisotopic (exact) mass is 189 g/mol. The average Bonchev–Trinajstić information content (AvgIpc) is 2.08. The second-order valence-electron chi connectivity index (χ2n) is 2.67. The molecule has 0 aromatic heterocycles. The maximum atomic E-state index is 9.39. The van der Waals surface area contributed by atoms with Crippen molar-refractivity contribution in [3.63, 3.8) is 0 Å². The van der Waals surface area contributed by atoms with Gasteiger partial charge >= 0.3 is 0 Å². The number of rotatable bonds is 0. The Kier molecular flexibility index (Phi) is 2.99. The molecule has 1 saturated heterocycles. The van der Waals surface area contributed by atoms with Crippen molar-refractivity contribution in [3.05, 3.63) is 0 Å². The van der Waals surface area contributed by atoms with Gasteiger partial charge in [0.1, 0.15) is 12.2 Å². The molecular formula is C7H11NO3S. The van der Waals surface area contributed by atoms with Gasteiger partial charge in [-0.3, -0.25) is 0 Å². The van der Waals surface area contributed by atoms with Crippen LogP contribution in [0.1, 0.15) is 0 Å². The lowest BCUT2D eigenvalue weighted by atomic mass is 10.0. The minimum Gasteiger partial charge on any atom is -0.388 e. The Morgan fingerprint density at radius 2 is 2.08 bits per heavy atom. The molecule has 5 unspecified atom stereocenters. The van der Waals surface area contributed by atoms with Crippen molar-refractivity contribution in [2.45, 2.75) is 29.8 Å². The second kappa shape index (κ2) is 3.64. The Morgan fingerprint density at radius 3 is 2.58 bits per heavy atom. The van der Waals surface area contributed by atoms with Gasteiger partial charge in [-0.2, -0.15) is 12.6 Å². The molecule has 5 heteroatoms. The average molecular weight is 189 g/mol. The van der Waals surface area contributed by atoms with E-state index in [9.17, 15) is 5.11 Å². The first kappa shape index (κ1) is 9.84.